The Hall–Kier alpha value is -2.03. The molecule has 0 spiro atoms. The van der Waals surface area contributed by atoms with Crippen molar-refractivity contribution in [1.29, 1.82) is 0 Å². The van der Waals surface area contributed by atoms with Crippen LogP contribution >= 0.6 is 0 Å². The lowest BCUT2D eigenvalue weighted by Gasteiger charge is -2.25. The Morgan fingerprint density at radius 3 is 3.00 bits per heavy atom. The Kier molecular flexibility index (Phi) is 3.11. The van der Waals surface area contributed by atoms with Gasteiger partial charge >= 0.3 is 0 Å². The van der Waals surface area contributed by atoms with Crippen molar-refractivity contribution in [3.05, 3.63) is 48.2 Å². The molecule has 1 atom stereocenters. The first-order valence-corrected chi connectivity index (χ1v) is 6.86. The van der Waals surface area contributed by atoms with Crippen molar-refractivity contribution in [2.75, 3.05) is 16.8 Å². The normalized spacial score (nSPS) is 17.4. The Morgan fingerprint density at radius 2 is 2.16 bits per heavy atom. The van der Waals surface area contributed by atoms with E-state index in [-0.39, 0.29) is 0 Å². The van der Waals surface area contributed by atoms with Gasteiger partial charge in [0.1, 0.15) is 5.82 Å². The lowest BCUT2D eigenvalue weighted by molar-refractivity contribution is 0.758. The molecule has 2 aromatic rings. The minimum absolute atomic E-state index is 0.495. The number of aromatic nitrogens is 1. The summed E-state index contributed by atoms with van der Waals surface area (Å²) in [7, 11) is 0. The molecular formula is C16H19N3. The van der Waals surface area contributed by atoms with Gasteiger partial charge in [-0.05, 0) is 38.0 Å². The van der Waals surface area contributed by atoms with Gasteiger partial charge in [-0.2, -0.15) is 0 Å². The molecule has 1 aliphatic rings. The summed E-state index contributed by atoms with van der Waals surface area (Å²) in [5.41, 5.74) is 3.96. The third kappa shape index (κ3) is 2.16. The standard InChI is InChI=1S/C16H19N3/c1-3-17-16-11-14(8-9-18-16)19-12(2)10-13-6-4-5-7-15(13)19/h4-9,11-12H,3,10H2,1-2H3,(H,17,18). The van der Waals surface area contributed by atoms with E-state index in [1.165, 1.54) is 16.9 Å². The summed E-state index contributed by atoms with van der Waals surface area (Å²) < 4.78 is 0. The third-order valence-corrected chi connectivity index (χ3v) is 3.59. The fourth-order valence-corrected chi connectivity index (χ4v) is 2.81. The molecule has 2 heterocycles. The molecule has 98 valence electrons. The van der Waals surface area contributed by atoms with Crippen LogP contribution in [0.3, 0.4) is 0 Å². The zero-order valence-electron chi connectivity index (χ0n) is 11.4. The minimum Gasteiger partial charge on any atom is -0.370 e. The quantitative estimate of drug-likeness (QED) is 0.906. The number of hydrogen-bond donors (Lipinski definition) is 1. The number of hydrogen-bond acceptors (Lipinski definition) is 3. The molecule has 0 bridgehead atoms. The minimum atomic E-state index is 0.495. The molecule has 0 radical (unpaired) electrons. The number of rotatable bonds is 3. The highest BCUT2D eigenvalue weighted by Crippen LogP contribution is 2.38. The Bertz CT molecular complexity index is 580. The average Bonchev–Trinajstić information content (AvgIpc) is 2.75. The Labute approximate surface area is 114 Å². The highest BCUT2D eigenvalue weighted by Gasteiger charge is 2.26. The van der Waals surface area contributed by atoms with E-state index in [9.17, 15) is 0 Å². The summed E-state index contributed by atoms with van der Waals surface area (Å²) in [4.78, 5) is 6.74. The number of nitrogens with zero attached hydrogens (tertiary/aromatic N) is 2. The van der Waals surface area contributed by atoms with Gasteiger partial charge in [-0.25, -0.2) is 4.98 Å². The highest BCUT2D eigenvalue weighted by atomic mass is 15.2. The van der Waals surface area contributed by atoms with Crippen LogP contribution in [-0.2, 0) is 6.42 Å². The second-order valence-corrected chi connectivity index (χ2v) is 4.98. The number of nitrogens with one attached hydrogen (secondary N) is 1. The first-order chi connectivity index (χ1) is 9.29. The van der Waals surface area contributed by atoms with Crippen LogP contribution in [0.5, 0.6) is 0 Å². The van der Waals surface area contributed by atoms with E-state index in [1.54, 1.807) is 0 Å². The fraction of sp³-hybridized carbons (Fsp3) is 0.312. The first kappa shape index (κ1) is 12.0. The lowest BCUT2D eigenvalue weighted by Crippen LogP contribution is -2.24. The molecule has 0 amide bonds. The summed E-state index contributed by atoms with van der Waals surface area (Å²) in [5.74, 6) is 0.941. The maximum atomic E-state index is 4.34. The molecule has 1 aliphatic heterocycles. The van der Waals surface area contributed by atoms with Gasteiger partial charge in [-0.3, -0.25) is 0 Å². The van der Waals surface area contributed by atoms with Crippen molar-refractivity contribution in [2.24, 2.45) is 0 Å². The van der Waals surface area contributed by atoms with Gasteiger partial charge in [0, 0.05) is 36.2 Å². The van der Waals surface area contributed by atoms with E-state index < -0.39 is 0 Å². The molecule has 0 saturated heterocycles. The van der Waals surface area contributed by atoms with Gasteiger partial charge in [-0.15, -0.1) is 0 Å². The third-order valence-electron chi connectivity index (χ3n) is 3.59. The van der Waals surface area contributed by atoms with E-state index in [0.29, 0.717) is 6.04 Å². The maximum absolute atomic E-state index is 4.34. The van der Waals surface area contributed by atoms with E-state index in [1.807, 2.05) is 6.20 Å². The maximum Gasteiger partial charge on any atom is 0.127 e. The molecule has 1 aromatic carbocycles. The van der Waals surface area contributed by atoms with Crippen molar-refractivity contribution in [3.8, 4) is 0 Å². The molecule has 0 aliphatic carbocycles. The molecule has 1 N–H and O–H groups in total. The zero-order valence-corrected chi connectivity index (χ0v) is 11.4. The van der Waals surface area contributed by atoms with Crippen molar-refractivity contribution in [1.82, 2.24) is 4.98 Å². The fourth-order valence-electron chi connectivity index (χ4n) is 2.81. The van der Waals surface area contributed by atoms with Gasteiger partial charge in [0.25, 0.3) is 0 Å². The van der Waals surface area contributed by atoms with Crippen molar-refractivity contribution < 1.29 is 0 Å². The second kappa shape index (κ2) is 4.92. The lowest BCUT2D eigenvalue weighted by atomic mass is 10.1. The SMILES string of the molecule is CCNc1cc(N2c3ccccc3CC2C)ccn1. The van der Waals surface area contributed by atoms with Crippen LogP contribution in [0.4, 0.5) is 17.2 Å². The first-order valence-electron chi connectivity index (χ1n) is 6.86. The van der Waals surface area contributed by atoms with E-state index in [4.69, 9.17) is 0 Å². The highest BCUT2D eigenvalue weighted by molar-refractivity contribution is 5.72. The van der Waals surface area contributed by atoms with Crippen LogP contribution in [0.2, 0.25) is 0 Å². The predicted molar refractivity (Wildman–Crippen MR) is 80.1 cm³/mol. The number of benzene rings is 1. The molecule has 1 aromatic heterocycles. The summed E-state index contributed by atoms with van der Waals surface area (Å²) in [5, 5.41) is 3.27. The second-order valence-electron chi connectivity index (χ2n) is 4.98. The van der Waals surface area contributed by atoms with Gasteiger partial charge in [0.05, 0.1) is 0 Å². The summed E-state index contributed by atoms with van der Waals surface area (Å²) in [6.45, 7) is 5.25. The number of para-hydroxylation sites is 1. The average molecular weight is 253 g/mol. The monoisotopic (exact) mass is 253 g/mol. The molecule has 1 unspecified atom stereocenters. The van der Waals surface area contributed by atoms with Gasteiger partial charge in [0.15, 0.2) is 0 Å². The molecule has 0 fully saturated rings. The number of anilines is 3. The van der Waals surface area contributed by atoms with Gasteiger partial charge in [-0.1, -0.05) is 18.2 Å². The van der Waals surface area contributed by atoms with Crippen molar-refractivity contribution in [2.45, 2.75) is 26.3 Å². The van der Waals surface area contributed by atoms with E-state index in [2.05, 4.69) is 65.4 Å². The van der Waals surface area contributed by atoms with Crippen LogP contribution < -0.4 is 10.2 Å². The Morgan fingerprint density at radius 1 is 1.32 bits per heavy atom. The van der Waals surface area contributed by atoms with E-state index in [0.717, 1.165) is 18.8 Å². The van der Waals surface area contributed by atoms with Gasteiger partial charge < -0.3 is 10.2 Å². The molecular weight excluding hydrogens is 234 g/mol. The van der Waals surface area contributed by atoms with Crippen molar-refractivity contribution in [3.63, 3.8) is 0 Å². The molecule has 3 nitrogen and oxygen atoms in total. The Balaban J connectivity index is 2.00. The van der Waals surface area contributed by atoms with Crippen LogP contribution in [0.15, 0.2) is 42.6 Å². The smallest absolute Gasteiger partial charge is 0.127 e. The number of fused-ring (bicyclic) bond motifs is 1. The van der Waals surface area contributed by atoms with Crippen LogP contribution in [0.25, 0.3) is 0 Å². The summed E-state index contributed by atoms with van der Waals surface area (Å²) in [6.07, 6.45) is 2.98. The van der Waals surface area contributed by atoms with Crippen molar-refractivity contribution >= 4 is 17.2 Å². The topological polar surface area (TPSA) is 28.2 Å². The molecule has 19 heavy (non-hydrogen) atoms. The molecule has 3 heteroatoms. The van der Waals surface area contributed by atoms with Gasteiger partial charge in [0.2, 0.25) is 0 Å². The van der Waals surface area contributed by atoms with Crippen LogP contribution in [0, 0.1) is 0 Å². The van der Waals surface area contributed by atoms with Crippen LogP contribution in [0.1, 0.15) is 19.4 Å². The van der Waals surface area contributed by atoms with Crippen LogP contribution in [-0.4, -0.2) is 17.6 Å². The molecule has 3 rings (SSSR count). The largest absolute Gasteiger partial charge is 0.370 e. The van der Waals surface area contributed by atoms with E-state index >= 15 is 0 Å². The zero-order chi connectivity index (χ0) is 13.2. The summed E-state index contributed by atoms with van der Waals surface area (Å²) >= 11 is 0. The summed E-state index contributed by atoms with van der Waals surface area (Å²) in [6, 6.07) is 13.3. The molecule has 0 saturated carbocycles. The number of pyridine rings is 1. The predicted octanol–water partition coefficient (Wildman–Crippen LogP) is 3.60.